The van der Waals surface area contributed by atoms with Crippen molar-refractivity contribution in [3.63, 3.8) is 0 Å². The molecule has 1 N–H and O–H groups in total. The zero-order valence-electron chi connectivity index (χ0n) is 10.7. The van der Waals surface area contributed by atoms with Gasteiger partial charge in [-0.05, 0) is 26.2 Å². The number of rotatable bonds is 3. The fourth-order valence-electron chi connectivity index (χ4n) is 2.24. The molecule has 1 fully saturated rings. The molecule has 0 spiro atoms. The van der Waals surface area contributed by atoms with Gasteiger partial charge in [0.1, 0.15) is 6.04 Å². The van der Waals surface area contributed by atoms with Crippen LogP contribution in [0.15, 0.2) is 24.3 Å². The Morgan fingerprint density at radius 3 is 2.78 bits per heavy atom. The second-order valence-electron chi connectivity index (χ2n) is 4.50. The van der Waals surface area contributed by atoms with E-state index in [2.05, 4.69) is 10.2 Å². The molecule has 0 saturated carbocycles. The predicted octanol–water partition coefficient (Wildman–Crippen LogP) is 1.21. The monoisotopic (exact) mass is 267 g/mol. The van der Waals surface area contributed by atoms with Gasteiger partial charge in [-0.3, -0.25) is 9.69 Å². The maximum absolute atomic E-state index is 12.5. The van der Waals surface area contributed by atoms with Crippen LogP contribution in [0.25, 0.3) is 0 Å². The van der Waals surface area contributed by atoms with Gasteiger partial charge < -0.3 is 10.2 Å². The molecule has 1 atom stereocenters. The molecule has 1 amide bonds. The van der Waals surface area contributed by atoms with Gasteiger partial charge in [0.05, 0.1) is 10.7 Å². The maximum Gasteiger partial charge on any atom is 0.245 e. The summed E-state index contributed by atoms with van der Waals surface area (Å²) in [6, 6.07) is 7.36. The Morgan fingerprint density at radius 1 is 1.39 bits per heavy atom. The summed E-state index contributed by atoms with van der Waals surface area (Å²) in [5.74, 6) is 0.103. The first-order valence-corrected chi connectivity index (χ1v) is 6.43. The standard InChI is InChI=1S/C13H18ClN3O/c1-15-9-12-13(18)17(8-7-16(12)2)11-6-4-3-5-10(11)14/h3-6,12,15H,7-9H2,1-2H3. The molecule has 1 aliphatic rings. The average Bonchev–Trinajstić information content (AvgIpc) is 2.36. The van der Waals surface area contributed by atoms with Crippen LogP contribution in [0.5, 0.6) is 0 Å². The smallest absolute Gasteiger partial charge is 0.245 e. The van der Waals surface area contributed by atoms with Gasteiger partial charge in [-0.15, -0.1) is 0 Å². The number of benzene rings is 1. The minimum atomic E-state index is -0.125. The Morgan fingerprint density at radius 2 is 2.11 bits per heavy atom. The number of nitrogens with zero attached hydrogens (tertiary/aromatic N) is 2. The topological polar surface area (TPSA) is 35.6 Å². The number of carbonyl (C=O) groups is 1. The molecule has 98 valence electrons. The predicted molar refractivity (Wildman–Crippen MR) is 74.1 cm³/mol. The van der Waals surface area contributed by atoms with Gasteiger partial charge in [0, 0.05) is 19.6 Å². The second-order valence-corrected chi connectivity index (χ2v) is 4.90. The van der Waals surface area contributed by atoms with E-state index in [1.807, 2.05) is 38.4 Å². The minimum absolute atomic E-state index is 0.103. The molecule has 18 heavy (non-hydrogen) atoms. The highest BCUT2D eigenvalue weighted by Crippen LogP contribution is 2.27. The Hall–Kier alpha value is -1.10. The number of nitrogens with one attached hydrogen (secondary N) is 1. The zero-order chi connectivity index (χ0) is 13.1. The largest absolute Gasteiger partial charge is 0.318 e. The van der Waals surface area contributed by atoms with Gasteiger partial charge in [-0.1, -0.05) is 23.7 Å². The molecule has 1 aromatic carbocycles. The lowest BCUT2D eigenvalue weighted by atomic mass is 10.1. The zero-order valence-corrected chi connectivity index (χ0v) is 11.4. The van der Waals surface area contributed by atoms with Gasteiger partial charge in [-0.2, -0.15) is 0 Å². The van der Waals surface area contributed by atoms with Crippen molar-refractivity contribution < 1.29 is 4.79 Å². The highest BCUT2D eigenvalue weighted by atomic mass is 35.5. The van der Waals surface area contributed by atoms with E-state index in [0.717, 1.165) is 12.2 Å². The van der Waals surface area contributed by atoms with Crippen molar-refractivity contribution in [2.75, 3.05) is 38.6 Å². The number of piperazine rings is 1. The van der Waals surface area contributed by atoms with Crippen LogP contribution < -0.4 is 10.2 Å². The third-order valence-electron chi connectivity index (χ3n) is 3.30. The Balaban J connectivity index is 2.25. The van der Waals surface area contributed by atoms with Gasteiger partial charge in [0.2, 0.25) is 5.91 Å². The van der Waals surface area contributed by atoms with Crippen molar-refractivity contribution in [1.29, 1.82) is 0 Å². The molecule has 0 bridgehead atoms. The molecule has 4 nitrogen and oxygen atoms in total. The third-order valence-corrected chi connectivity index (χ3v) is 3.62. The van der Waals surface area contributed by atoms with Gasteiger partial charge in [0.25, 0.3) is 0 Å². The summed E-state index contributed by atoms with van der Waals surface area (Å²) in [6.45, 7) is 2.18. The summed E-state index contributed by atoms with van der Waals surface area (Å²) in [7, 11) is 3.83. The summed E-state index contributed by atoms with van der Waals surface area (Å²) in [5, 5.41) is 3.69. The van der Waals surface area contributed by atoms with E-state index in [1.165, 1.54) is 0 Å². The van der Waals surface area contributed by atoms with Crippen molar-refractivity contribution in [2.24, 2.45) is 0 Å². The van der Waals surface area contributed by atoms with E-state index in [0.29, 0.717) is 18.1 Å². The summed E-state index contributed by atoms with van der Waals surface area (Å²) in [5.41, 5.74) is 0.804. The van der Waals surface area contributed by atoms with E-state index in [9.17, 15) is 4.79 Å². The molecule has 0 aliphatic carbocycles. The lowest BCUT2D eigenvalue weighted by Gasteiger charge is -2.38. The lowest BCUT2D eigenvalue weighted by molar-refractivity contribution is -0.125. The van der Waals surface area contributed by atoms with Crippen molar-refractivity contribution in [3.05, 3.63) is 29.3 Å². The van der Waals surface area contributed by atoms with Crippen LogP contribution in [0.1, 0.15) is 0 Å². The molecule has 2 rings (SSSR count). The van der Waals surface area contributed by atoms with E-state index in [-0.39, 0.29) is 11.9 Å². The number of para-hydroxylation sites is 1. The Labute approximate surface area is 113 Å². The molecule has 1 aromatic rings. The number of anilines is 1. The van der Waals surface area contributed by atoms with Gasteiger partial charge >= 0.3 is 0 Å². The minimum Gasteiger partial charge on any atom is -0.318 e. The number of carbonyl (C=O) groups excluding carboxylic acids is 1. The number of hydrogen-bond donors (Lipinski definition) is 1. The summed E-state index contributed by atoms with van der Waals surface area (Å²) in [6.07, 6.45) is 0. The summed E-state index contributed by atoms with van der Waals surface area (Å²) >= 11 is 6.16. The number of hydrogen-bond acceptors (Lipinski definition) is 3. The van der Waals surface area contributed by atoms with E-state index in [1.54, 1.807) is 4.90 Å². The third kappa shape index (κ3) is 2.51. The van der Waals surface area contributed by atoms with Crippen LogP contribution >= 0.6 is 11.6 Å². The van der Waals surface area contributed by atoms with Crippen LogP contribution in [0.2, 0.25) is 5.02 Å². The highest BCUT2D eigenvalue weighted by Gasteiger charge is 2.33. The highest BCUT2D eigenvalue weighted by molar-refractivity contribution is 6.33. The summed E-state index contributed by atoms with van der Waals surface area (Å²) < 4.78 is 0. The molecule has 0 aromatic heterocycles. The van der Waals surface area contributed by atoms with Crippen LogP contribution in [0.4, 0.5) is 5.69 Å². The van der Waals surface area contributed by atoms with Crippen LogP contribution in [-0.2, 0) is 4.79 Å². The van der Waals surface area contributed by atoms with Crippen molar-refractivity contribution in [3.8, 4) is 0 Å². The Bertz CT molecular complexity index is 438. The molecule has 1 aliphatic heterocycles. The van der Waals surface area contributed by atoms with Crippen LogP contribution in [-0.4, -0.2) is 50.6 Å². The number of amides is 1. The quantitative estimate of drug-likeness (QED) is 0.894. The molecule has 1 heterocycles. The van der Waals surface area contributed by atoms with E-state index < -0.39 is 0 Å². The van der Waals surface area contributed by atoms with E-state index >= 15 is 0 Å². The average molecular weight is 268 g/mol. The maximum atomic E-state index is 12.5. The fourth-order valence-corrected chi connectivity index (χ4v) is 2.48. The molecule has 1 unspecified atom stereocenters. The first-order chi connectivity index (χ1) is 8.65. The number of likely N-dealkylation sites (N-methyl/N-ethyl adjacent to an activating group) is 2. The second kappa shape index (κ2) is 5.69. The van der Waals surface area contributed by atoms with E-state index in [4.69, 9.17) is 11.6 Å². The summed E-state index contributed by atoms with van der Waals surface area (Å²) in [4.78, 5) is 16.3. The fraction of sp³-hybridized carbons (Fsp3) is 0.462. The first-order valence-electron chi connectivity index (χ1n) is 6.06. The normalized spacial score (nSPS) is 21.4. The van der Waals surface area contributed by atoms with Crippen LogP contribution in [0, 0.1) is 0 Å². The number of halogens is 1. The molecule has 1 saturated heterocycles. The first kappa shape index (κ1) is 13.3. The lowest BCUT2D eigenvalue weighted by Crippen LogP contribution is -2.58. The van der Waals surface area contributed by atoms with Crippen molar-refractivity contribution in [2.45, 2.75) is 6.04 Å². The van der Waals surface area contributed by atoms with Gasteiger partial charge in [0.15, 0.2) is 0 Å². The van der Waals surface area contributed by atoms with Crippen LogP contribution in [0.3, 0.4) is 0 Å². The molecular weight excluding hydrogens is 250 g/mol. The molecular formula is C13H18ClN3O. The van der Waals surface area contributed by atoms with Crippen molar-refractivity contribution in [1.82, 2.24) is 10.2 Å². The molecule has 5 heteroatoms. The Kier molecular flexibility index (Phi) is 4.22. The van der Waals surface area contributed by atoms with Gasteiger partial charge in [-0.25, -0.2) is 0 Å². The SMILES string of the molecule is CNCC1C(=O)N(c2ccccc2Cl)CCN1C. The molecule has 0 radical (unpaired) electrons. The van der Waals surface area contributed by atoms with Crippen molar-refractivity contribution >= 4 is 23.2 Å².